The lowest BCUT2D eigenvalue weighted by molar-refractivity contribution is 0.695. The predicted molar refractivity (Wildman–Crippen MR) is 64.1 cm³/mol. The molecule has 12 heavy (non-hydrogen) atoms. The molecule has 66 valence electrons. The van der Waals surface area contributed by atoms with Gasteiger partial charge in [-0.3, -0.25) is 0 Å². The minimum Gasteiger partial charge on any atom is -0.324 e. The van der Waals surface area contributed by atoms with Gasteiger partial charge in [-0.2, -0.15) is 0 Å². The van der Waals surface area contributed by atoms with Gasteiger partial charge < -0.3 is 5.73 Å². The van der Waals surface area contributed by atoms with Crippen molar-refractivity contribution in [3.05, 3.63) is 31.8 Å². The SMILES string of the molecule is CC[C@@H](N)c1cccc(I)c1Br. The highest BCUT2D eigenvalue weighted by Crippen LogP contribution is 2.28. The molecule has 0 aromatic heterocycles. The first-order chi connectivity index (χ1) is 5.66. The standard InChI is InChI=1S/C9H11BrIN/c1-2-8(12)6-4-3-5-7(11)9(6)10/h3-5,8H,2,12H2,1H3/t8-/m1/s1. The summed E-state index contributed by atoms with van der Waals surface area (Å²) in [6, 6.07) is 6.32. The summed E-state index contributed by atoms with van der Waals surface area (Å²) >= 11 is 5.83. The molecule has 1 rings (SSSR count). The van der Waals surface area contributed by atoms with E-state index < -0.39 is 0 Å². The number of hydrogen-bond acceptors (Lipinski definition) is 1. The predicted octanol–water partition coefficient (Wildman–Crippen LogP) is 3.46. The Kier molecular flexibility index (Phi) is 3.99. The second-order valence-corrected chi connectivity index (χ2v) is 4.61. The van der Waals surface area contributed by atoms with E-state index in [0.717, 1.165) is 10.9 Å². The number of halogens is 2. The molecule has 0 amide bonds. The van der Waals surface area contributed by atoms with Crippen LogP contribution in [0.3, 0.4) is 0 Å². The summed E-state index contributed by atoms with van der Waals surface area (Å²) in [4.78, 5) is 0. The van der Waals surface area contributed by atoms with Crippen LogP contribution in [0.15, 0.2) is 22.7 Å². The monoisotopic (exact) mass is 339 g/mol. The quantitative estimate of drug-likeness (QED) is 0.820. The fraction of sp³-hybridized carbons (Fsp3) is 0.333. The first-order valence-corrected chi connectivity index (χ1v) is 5.73. The summed E-state index contributed by atoms with van der Waals surface area (Å²) in [7, 11) is 0. The fourth-order valence-corrected chi connectivity index (χ4v) is 2.10. The largest absolute Gasteiger partial charge is 0.324 e. The topological polar surface area (TPSA) is 26.0 Å². The van der Waals surface area contributed by atoms with Crippen LogP contribution in [0, 0.1) is 3.57 Å². The van der Waals surface area contributed by atoms with Gasteiger partial charge in [0.15, 0.2) is 0 Å². The minimum atomic E-state index is 0.147. The Hall–Kier alpha value is 0.390. The van der Waals surface area contributed by atoms with E-state index in [1.807, 2.05) is 6.07 Å². The minimum absolute atomic E-state index is 0.147. The molecule has 0 bridgehead atoms. The van der Waals surface area contributed by atoms with Crippen LogP contribution < -0.4 is 5.73 Å². The molecule has 0 heterocycles. The molecule has 0 unspecified atom stereocenters. The van der Waals surface area contributed by atoms with Gasteiger partial charge in [-0.1, -0.05) is 19.1 Å². The van der Waals surface area contributed by atoms with Gasteiger partial charge in [0, 0.05) is 14.1 Å². The van der Waals surface area contributed by atoms with Crippen molar-refractivity contribution in [2.24, 2.45) is 5.73 Å². The molecule has 1 nitrogen and oxygen atoms in total. The first kappa shape index (κ1) is 10.5. The number of hydrogen-bond donors (Lipinski definition) is 1. The van der Waals surface area contributed by atoms with Crippen LogP contribution in [0.1, 0.15) is 24.9 Å². The summed E-state index contributed by atoms with van der Waals surface area (Å²) in [6.45, 7) is 2.09. The van der Waals surface area contributed by atoms with E-state index in [1.165, 1.54) is 9.13 Å². The van der Waals surface area contributed by atoms with Crippen LogP contribution in [-0.2, 0) is 0 Å². The van der Waals surface area contributed by atoms with Crippen molar-refractivity contribution in [1.29, 1.82) is 0 Å². The number of benzene rings is 1. The molecule has 2 N–H and O–H groups in total. The average Bonchev–Trinajstić information content (AvgIpc) is 2.08. The third kappa shape index (κ3) is 2.20. The molecule has 0 fully saturated rings. The zero-order valence-electron chi connectivity index (χ0n) is 6.85. The van der Waals surface area contributed by atoms with Gasteiger partial charge in [0.1, 0.15) is 0 Å². The zero-order chi connectivity index (χ0) is 9.14. The third-order valence-corrected chi connectivity index (χ3v) is 4.35. The Labute approximate surface area is 95.0 Å². The maximum Gasteiger partial charge on any atom is 0.0356 e. The van der Waals surface area contributed by atoms with Gasteiger partial charge in [0.25, 0.3) is 0 Å². The maximum absolute atomic E-state index is 5.93. The van der Waals surface area contributed by atoms with Crippen molar-refractivity contribution in [3.63, 3.8) is 0 Å². The van der Waals surface area contributed by atoms with E-state index in [0.29, 0.717) is 0 Å². The highest BCUT2D eigenvalue weighted by atomic mass is 127. The van der Waals surface area contributed by atoms with Gasteiger partial charge >= 0.3 is 0 Å². The van der Waals surface area contributed by atoms with E-state index in [-0.39, 0.29) is 6.04 Å². The first-order valence-electron chi connectivity index (χ1n) is 3.86. The lowest BCUT2D eigenvalue weighted by atomic mass is 10.1. The number of nitrogens with two attached hydrogens (primary N) is 1. The summed E-state index contributed by atoms with van der Waals surface area (Å²) < 4.78 is 2.36. The summed E-state index contributed by atoms with van der Waals surface area (Å²) in [6.07, 6.45) is 0.971. The molecule has 0 aliphatic rings. The van der Waals surface area contributed by atoms with E-state index >= 15 is 0 Å². The molecule has 1 atom stereocenters. The van der Waals surface area contributed by atoms with E-state index in [9.17, 15) is 0 Å². The van der Waals surface area contributed by atoms with Crippen molar-refractivity contribution < 1.29 is 0 Å². The van der Waals surface area contributed by atoms with Crippen molar-refractivity contribution in [2.45, 2.75) is 19.4 Å². The highest BCUT2D eigenvalue weighted by Gasteiger charge is 2.08. The van der Waals surface area contributed by atoms with E-state index in [2.05, 4.69) is 57.6 Å². The highest BCUT2D eigenvalue weighted by molar-refractivity contribution is 14.1. The second kappa shape index (κ2) is 4.58. The molecule has 0 aliphatic heterocycles. The molecule has 1 aromatic carbocycles. The van der Waals surface area contributed by atoms with Crippen LogP contribution in [0.25, 0.3) is 0 Å². The Bertz CT molecular complexity index is 275. The molecule has 0 saturated heterocycles. The Morgan fingerprint density at radius 3 is 2.83 bits per heavy atom. The molecule has 0 aliphatic carbocycles. The van der Waals surface area contributed by atoms with Crippen LogP contribution in [-0.4, -0.2) is 0 Å². The molecular weight excluding hydrogens is 329 g/mol. The molecule has 0 spiro atoms. The second-order valence-electron chi connectivity index (χ2n) is 2.66. The van der Waals surface area contributed by atoms with Gasteiger partial charge in [0.2, 0.25) is 0 Å². The molecule has 0 saturated carbocycles. The van der Waals surface area contributed by atoms with Gasteiger partial charge in [0.05, 0.1) is 0 Å². The maximum atomic E-state index is 5.93. The number of rotatable bonds is 2. The lowest BCUT2D eigenvalue weighted by Gasteiger charge is -2.11. The molecule has 0 radical (unpaired) electrons. The van der Waals surface area contributed by atoms with Gasteiger partial charge in [-0.05, 0) is 56.6 Å². The fourth-order valence-electron chi connectivity index (χ4n) is 1.03. The van der Waals surface area contributed by atoms with Gasteiger partial charge in [-0.25, -0.2) is 0 Å². The third-order valence-electron chi connectivity index (χ3n) is 1.82. The van der Waals surface area contributed by atoms with Crippen molar-refractivity contribution in [3.8, 4) is 0 Å². The zero-order valence-corrected chi connectivity index (χ0v) is 10.6. The molecule has 3 heteroatoms. The lowest BCUT2D eigenvalue weighted by Crippen LogP contribution is -2.09. The summed E-state index contributed by atoms with van der Waals surface area (Å²) in [5.74, 6) is 0. The normalized spacial score (nSPS) is 13.0. The molecule has 1 aromatic rings. The van der Waals surface area contributed by atoms with Crippen LogP contribution in [0.5, 0.6) is 0 Å². The van der Waals surface area contributed by atoms with E-state index in [1.54, 1.807) is 0 Å². The Morgan fingerprint density at radius 2 is 2.25 bits per heavy atom. The Balaban J connectivity index is 3.07. The summed E-state index contributed by atoms with van der Waals surface area (Å²) in [5, 5.41) is 0. The van der Waals surface area contributed by atoms with Gasteiger partial charge in [-0.15, -0.1) is 0 Å². The van der Waals surface area contributed by atoms with Crippen molar-refractivity contribution in [1.82, 2.24) is 0 Å². The van der Waals surface area contributed by atoms with Crippen LogP contribution in [0.4, 0.5) is 0 Å². The van der Waals surface area contributed by atoms with E-state index in [4.69, 9.17) is 5.73 Å². The van der Waals surface area contributed by atoms with Crippen LogP contribution in [0.2, 0.25) is 0 Å². The average molecular weight is 340 g/mol. The van der Waals surface area contributed by atoms with Crippen molar-refractivity contribution >= 4 is 38.5 Å². The Morgan fingerprint density at radius 1 is 1.58 bits per heavy atom. The van der Waals surface area contributed by atoms with Crippen molar-refractivity contribution in [2.75, 3.05) is 0 Å². The molecular formula is C9H11BrIN. The smallest absolute Gasteiger partial charge is 0.0356 e. The summed E-state index contributed by atoms with van der Waals surface area (Å²) in [5.41, 5.74) is 7.13. The van der Waals surface area contributed by atoms with Crippen LogP contribution >= 0.6 is 38.5 Å².